The molecule has 3 fully saturated rings. The molecule has 0 aliphatic heterocycles. The van der Waals surface area contributed by atoms with Crippen molar-refractivity contribution in [3.8, 4) is 0 Å². The van der Waals surface area contributed by atoms with Crippen LogP contribution in [0.15, 0.2) is 0 Å². The van der Waals surface area contributed by atoms with Crippen LogP contribution in [0.2, 0.25) is 5.82 Å². The summed E-state index contributed by atoms with van der Waals surface area (Å²) < 4.78 is 0. The van der Waals surface area contributed by atoms with Crippen molar-refractivity contribution in [2.24, 2.45) is 23.7 Å². The number of hydrogen-bond donors (Lipinski definition) is 0. The fraction of sp³-hybridized carbons (Fsp3) is 1.00. The molecule has 4 unspecified atom stereocenters. The number of hydrogen-bond acceptors (Lipinski definition) is 0. The van der Waals surface area contributed by atoms with E-state index in [1.807, 2.05) is 0 Å². The monoisotopic (exact) mass is 176 g/mol. The molecule has 0 heterocycles. The molecule has 0 aromatic carbocycles. The van der Waals surface area contributed by atoms with E-state index in [0.717, 1.165) is 29.5 Å². The topological polar surface area (TPSA) is 0 Å². The van der Waals surface area contributed by atoms with Crippen LogP contribution in [0.25, 0.3) is 0 Å². The molecule has 0 N–H and O–H groups in total. The lowest BCUT2D eigenvalue weighted by Crippen LogP contribution is -2.31. The first kappa shape index (κ1) is 8.38. The summed E-state index contributed by atoms with van der Waals surface area (Å²) >= 11 is 0. The Hall–Kier alpha value is 0.0649. The Morgan fingerprint density at radius 2 is 1.31 bits per heavy atom. The van der Waals surface area contributed by atoms with Gasteiger partial charge in [0.2, 0.25) is 0 Å². The molecule has 3 rings (SSSR count). The van der Waals surface area contributed by atoms with Crippen LogP contribution >= 0.6 is 0 Å². The van der Waals surface area contributed by atoms with Gasteiger partial charge in [0.05, 0.1) is 0 Å². The molecule has 0 aromatic heterocycles. The fourth-order valence-electron chi connectivity index (χ4n) is 4.81. The van der Waals surface area contributed by atoms with Gasteiger partial charge in [-0.3, -0.25) is 0 Å². The van der Waals surface area contributed by atoms with E-state index in [1.165, 1.54) is 0 Å². The molecular weight excluding hydrogens is 155 g/mol. The summed E-state index contributed by atoms with van der Waals surface area (Å²) in [5, 5.41) is 0. The molecule has 0 bridgehead atoms. The maximum absolute atomic E-state index is 2.56. The van der Waals surface area contributed by atoms with Gasteiger partial charge < -0.3 is 0 Å². The van der Waals surface area contributed by atoms with Crippen LogP contribution in [0.1, 0.15) is 44.9 Å². The zero-order chi connectivity index (χ0) is 8.84. The molecule has 0 radical (unpaired) electrons. The van der Waals surface area contributed by atoms with Crippen LogP contribution in [-0.2, 0) is 0 Å². The van der Waals surface area contributed by atoms with Gasteiger partial charge in [0, 0.05) is 0 Å². The summed E-state index contributed by atoms with van der Waals surface area (Å²) in [6, 6.07) is 0. The average molecular weight is 176 g/mol. The van der Waals surface area contributed by atoms with E-state index in [4.69, 9.17) is 0 Å². The highest BCUT2D eigenvalue weighted by Crippen LogP contribution is 2.56. The van der Waals surface area contributed by atoms with Gasteiger partial charge in [0.25, 0.3) is 0 Å². The largest absolute Gasteiger partial charge is 0.106 e. The van der Waals surface area contributed by atoms with Crippen LogP contribution in [0.3, 0.4) is 0 Å². The van der Waals surface area contributed by atoms with Crippen molar-refractivity contribution in [3.05, 3.63) is 0 Å². The van der Waals surface area contributed by atoms with E-state index in [2.05, 4.69) is 7.85 Å². The minimum atomic E-state index is 1.08. The van der Waals surface area contributed by atoms with Crippen LogP contribution in [0.4, 0.5) is 0 Å². The number of rotatable bonds is 0. The van der Waals surface area contributed by atoms with Gasteiger partial charge in [0.1, 0.15) is 7.85 Å². The van der Waals surface area contributed by atoms with Gasteiger partial charge in [-0.1, -0.05) is 44.3 Å². The first-order valence-corrected chi connectivity index (χ1v) is 6.36. The van der Waals surface area contributed by atoms with Crippen molar-refractivity contribution in [2.45, 2.75) is 50.8 Å². The summed E-state index contributed by atoms with van der Waals surface area (Å²) in [6.07, 6.45) is 11.0. The number of fused-ring (bicyclic) bond motifs is 2. The van der Waals surface area contributed by atoms with E-state index in [-0.39, 0.29) is 0 Å². The Kier molecular flexibility index (Phi) is 1.96. The minimum absolute atomic E-state index is 1.08. The summed E-state index contributed by atoms with van der Waals surface area (Å²) in [5.74, 6) is 5.65. The molecule has 72 valence electrons. The first-order chi connectivity index (χ1) is 6.36. The first-order valence-electron chi connectivity index (χ1n) is 6.36. The second-order valence-corrected chi connectivity index (χ2v) is 5.80. The highest BCUT2D eigenvalue weighted by molar-refractivity contribution is 6.12. The lowest BCUT2D eigenvalue weighted by Gasteiger charge is -2.41. The molecule has 3 aliphatic rings. The quantitative estimate of drug-likeness (QED) is 0.497. The third kappa shape index (κ3) is 1.19. The Morgan fingerprint density at radius 1 is 0.769 bits per heavy atom. The maximum atomic E-state index is 2.56. The van der Waals surface area contributed by atoms with Crippen molar-refractivity contribution in [1.82, 2.24) is 0 Å². The van der Waals surface area contributed by atoms with Crippen LogP contribution in [0, 0.1) is 23.7 Å². The van der Waals surface area contributed by atoms with Crippen molar-refractivity contribution in [1.29, 1.82) is 0 Å². The van der Waals surface area contributed by atoms with Crippen LogP contribution in [-0.4, -0.2) is 7.85 Å². The van der Waals surface area contributed by atoms with Crippen molar-refractivity contribution < 1.29 is 0 Å². The summed E-state index contributed by atoms with van der Waals surface area (Å²) in [4.78, 5) is 0. The molecule has 1 heteroatoms. The summed E-state index contributed by atoms with van der Waals surface area (Å²) in [5.41, 5.74) is 0. The Labute approximate surface area is 82.9 Å². The highest BCUT2D eigenvalue weighted by atomic mass is 14.5. The third-order valence-corrected chi connectivity index (χ3v) is 5.39. The van der Waals surface area contributed by atoms with E-state index >= 15 is 0 Å². The lowest BCUT2D eigenvalue weighted by molar-refractivity contribution is 0.158. The van der Waals surface area contributed by atoms with Crippen molar-refractivity contribution in [2.75, 3.05) is 0 Å². The summed E-state index contributed by atoms with van der Waals surface area (Å²) in [6.45, 7) is 0. The molecule has 0 amide bonds. The second kappa shape index (κ2) is 3.03. The summed E-state index contributed by atoms with van der Waals surface area (Å²) in [7, 11) is 2.56. The van der Waals surface area contributed by atoms with E-state index < -0.39 is 0 Å². The molecule has 0 aromatic rings. The van der Waals surface area contributed by atoms with Crippen molar-refractivity contribution >= 4 is 7.85 Å². The van der Waals surface area contributed by atoms with E-state index in [0.29, 0.717) is 0 Å². The Balaban J connectivity index is 1.82. The molecule has 0 spiro atoms. The molecule has 4 atom stereocenters. The zero-order valence-corrected chi connectivity index (χ0v) is 8.84. The minimum Gasteiger partial charge on any atom is -0.0636 e. The van der Waals surface area contributed by atoms with Gasteiger partial charge in [-0.15, -0.1) is 0 Å². The molecular formula is C12H21B. The van der Waals surface area contributed by atoms with Gasteiger partial charge in [-0.2, -0.15) is 0 Å². The van der Waals surface area contributed by atoms with E-state index in [1.54, 1.807) is 44.9 Å². The van der Waals surface area contributed by atoms with Gasteiger partial charge in [0.15, 0.2) is 0 Å². The van der Waals surface area contributed by atoms with Gasteiger partial charge in [-0.25, -0.2) is 0 Å². The average Bonchev–Trinajstić information content (AvgIpc) is 2.71. The maximum Gasteiger partial charge on any atom is 0.106 e. The van der Waals surface area contributed by atoms with Crippen molar-refractivity contribution in [3.63, 3.8) is 0 Å². The Bertz CT molecular complexity index is 181. The zero-order valence-electron chi connectivity index (χ0n) is 8.84. The molecule has 3 aliphatic carbocycles. The SMILES string of the molecule is BC1C2CCCC2CC2CCCC21. The van der Waals surface area contributed by atoms with Gasteiger partial charge >= 0.3 is 0 Å². The molecule has 3 saturated carbocycles. The Morgan fingerprint density at radius 3 is 1.85 bits per heavy atom. The molecule has 0 nitrogen and oxygen atoms in total. The molecule has 13 heavy (non-hydrogen) atoms. The molecule has 0 saturated heterocycles. The second-order valence-electron chi connectivity index (χ2n) is 5.80. The van der Waals surface area contributed by atoms with Crippen LogP contribution < -0.4 is 0 Å². The normalized spacial score (nSPS) is 54.6. The standard InChI is InChI=1S/C12H21B/c13-12-10-5-1-3-8(10)7-9-4-2-6-11(9)12/h8-12H,1-7,13H2. The third-order valence-electron chi connectivity index (χ3n) is 5.39. The fourth-order valence-corrected chi connectivity index (χ4v) is 4.81. The predicted octanol–water partition coefficient (Wildman–Crippen LogP) is 2.64. The lowest BCUT2D eigenvalue weighted by atomic mass is 9.57. The van der Waals surface area contributed by atoms with Gasteiger partial charge in [-0.05, 0) is 30.1 Å². The smallest absolute Gasteiger partial charge is 0.0636 e. The predicted molar refractivity (Wildman–Crippen MR) is 58.6 cm³/mol. The van der Waals surface area contributed by atoms with E-state index in [9.17, 15) is 0 Å². The highest BCUT2D eigenvalue weighted by Gasteiger charge is 2.45. The van der Waals surface area contributed by atoms with Crippen LogP contribution in [0.5, 0.6) is 0 Å².